The number of nitrogens with zero attached hydrogens (tertiary/aromatic N) is 1. The first-order valence-electron chi connectivity index (χ1n) is 7.71. The van der Waals surface area contributed by atoms with Crippen molar-refractivity contribution in [2.24, 2.45) is 5.73 Å². The fourth-order valence-electron chi connectivity index (χ4n) is 3.26. The summed E-state index contributed by atoms with van der Waals surface area (Å²) in [5.41, 5.74) is 8.17. The number of carbonyl (C=O) groups is 1. The molecule has 0 spiro atoms. The molecule has 0 atom stereocenters. The highest BCUT2D eigenvalue weighted by atomic mass is 127. The van der Waals surface area contributed by atoms with Crippen LogP contribution in [-0.4, -0.2) is 10.5 Å². The van der Waals surface area contributed by atoms with Gasteiger partial charge in [-0.15, -0.1) is 0 Å². The van der Waals surface area contributed by atoms with E-state index in [2.05, 4.69) is 34.7 Å². The number of fused-ring (bicyclic) bond motifs is 3. The Balaban J connectivity index is 2.08. The Morgan fingerprint density at radius 2 is 2.00 bits per heavy atom. The molecule has 0 fully saturated rings. The fourth-order valence-corrected chi connectivity index (χ4v) is 3.86. The summed E-state index contributed by atoms with van der Waals surface area (Å²) in [6, 6.07) is 19.3. The lowest BCUT2D eigenvalue weighted by atomic mass is 10.1. The molecule has 0 saturated heterocycles. The molecular formula is C20H13FIN2O. The van der Waals surface area contributed by atoms with Crippen LogP contribution in [0.25, 0.3) is 21.8 Å². The number of nitrogens with two attached hydrogens (primary N) is 1. The second kappa shape index (κ2) is 6.15. The van der Waals surface area contributed by atoms with Gasteiger partial charge in [0.2, 0.25) is 5.91 Å². The number of amides is 1. The third-order valence-electron chi connectivity index (χ3n) is 4.27. The Morgan fingerprint density at radius 3 is 2.76 bits per heavy atom. The summed E-state index contributed by atoms with van der Waals surface area (Å²) < 4.78 is 17.6. The van der Waals surface area contributed by atoms with Crippen molar-refractivity contribution in [3.05, 3.63) is 81.2 Å². The zero-order chi connectivity index (χ0) is 17.6. The highest BCUT2D eigenvalue weighted by molar-refractivity contribution is 14.1. The summed E-state index contributed by atoms with van der Waals surface area (Å²) in [5.74, 6) is -0.873. The monoisotopic (exact) mass is 443 g/mol. The topological polar surface area (TPSA) is 48.0 Å². The molecule has 0 aliphatic carbocycles. The van der Waals surface area contributed by atoms with E-state index in [1.165, 1.54) is 12.1 Å². The minimum Gasteiger partial charge on any atom is -0.366 e. The van der Waals surface area contributed by atoms with Gasteiger partial charge >= 0.3 is 0 Å². The molecule has 0 bridgehead atoms. The first-order chi connectivity index (χ1) is 12.1. The fraction of sp³-hybridized carbons (Fsp3) is 0.0500. The maximum absolute atomic E-state index is 14.6. The van der Waals surface area contributed by atoms with Crippen LogP contribution in [-0.2, 0) is 6.54 Å². The summed E-state index contributed by atoms with van der Waals surface area (Å²) in [7, 11) is 0. The summed E-state index contributed by atoms with van der Waals surface area (Å²) in [5, 5.41) is 1.23. The molecule has 1 heterocycles. The predicted octanol–water partition coefficient (Wildman–Crippen LogP) is 4.49. The standard InChI is InChI=1S/C20H13FIN2O/c21-16-8-2-6-14-18-15(20(23)25)7-3-9-17(18)24(19(14)16)11-12-4-1-5-13(22)10-12/h1-5,7-10H,11H2,(H2,23,25). The molecule has 0 saturated carbocycles. The second-order valence-electron chi connectivity index (χ2n) is 5.83. The highest BCUT2D eigenvalue weighted by Gasteiger charge is 2.18. The Kier molecular flexibility index (Phi) is 3.95. The third-order valence-corrected chi connectivity index (χ3v) is 4.94. The van der Waals surface area contributed by atoms with E-state index >= 15 is 0 Å². The molecule has 0 unspecified atom stereocenters. The first kappa shape index (κ1) is 16.1. The minimum atomic E-state index is -0.531. The molecule has 1 amide bonds. The molecule has 3 nitrogen and oxygen atoms in total. The Bertz CT molecular complexity index is 1130. The van der Waals surface area contributed by atoms with Crippen molar-refractivity contribution in [3.63, 3.8) is 0 Å². The van der Waals surface area contributed by atoms with Gasteiger partial charge in [-0.25, -0.2) is 4.39 Å². The average molecular weight is 443 g/mol. The van der Waals surface area contributed by atoms with Crippen LogP contribution in [0.5, 0.6) is 0 Å². The van der Waals surface area contributed by atoms with Gasteiger partial charge in [-0.2, -0.15) is 0 Å². The van der Waals surface area contributed by atoms with Crippen LogP contribution in [0.4, 0.5) is 4.39 Å². The lowest BCUT2D eigenvalue weighted by Crippen LogP contribution is -2.11. The number of aromatic nitrogens is 1. The molecule has 5 heteroatoms. The van der Waals surface area contributed by atoms with Gasteiger partial charge in [0, 0.05) is 26.5 Å². The summed E-state index contributed by atoms with van der Waals surface area (Å²) in [4.78, 5) is 11.9. The Morgan fingerprint density at radius 1 is 1.20 bits per heavy atom. The lowest BCUT2D eigenvalue weighted by molar-refractivity contribution is 0.100. The molecular weight excluding hydrogens is 430 g/mol. The molecule has 25 heavy (non-hydrogen) atoms. The molecule has 0 aliphatic rings. The molecule has 1 aromatic heterocycles. The zero-order valence-electron chi connectivity index (χ0n) is 13.1. The minimum absolute atomic E-state index is 0.342. The van der Waals surface area contributed by atoms with E-state index in [1.807, 2.05) is 28.8 Å². The van der Waals surface area contributed by atoms with Crippen LogP contribution in [0.1, 0.15) is 15.9 Å². The van der Waals surface area contributed by atoms with Gasteiger partial charge in [-0.3, -0.25) is 4.79 Å². The van der Waals surface area contributed by atoms with E-state index in [1.54, 1.807) is 12.1 Å². The molecule has 0 aliphatic heterocycles. The van der Waals surface area contributed by atoms with Gasteiger partial charge in [0.1, 0.15) is 5.82 Å². The van der Waals surface area contributed by atoms with E-state index < -0.39 is 5.91 Å². The Hall–Kier alpha value is -2.41. The van der Waals surface area contributed by atoms with Gasteiger partial charge in [0.15, 0.2) is 0 Å². The van der Waals surface area contributed by atoms with Crippen molar-refractivity contribution in [3.8, 4) is 0 Å². The smallest absolute Gasteiger partial charge is 0.249 e. The van der Waals surface area contributed by atoms with Crippen molar-refractivity contribution in [2.75, 3.05) is 0 Å². The first-order valence-corrected chi connectivity index (χ1v) is 8.79. The van der Waals surface area contributed by atoms with Crippen LogP contribution < -0.4 is 5.73 Å². The number of primary amides is 1. The van der Waals surface area contributed by atoms with Gasteiger partial charge in [0.05, 0.1) is 11.0 Å². The summed E-state index contributed by atoms with van der Waals surface area (Å²) in [6.07, 6.45) is 0. The second-order valence-corrected chi connectivity index (χ2v) is 7.07. The predicted molar refractivity (Wildman–Crippen MR) is 105 cm³/mol. The van der Waals surface area contributed by atoms with Crippen molar-refractivity contribution in [1.29, 1.82) is 0 Å². The number of carbonyl (C=O) groups excluding carboxylic acids is 1. The van der Waals surface area contributed by atoms with E-state index in [-0.39, 0.29) is 5.82 Å². The maximum Gasteiger partial charge on any atom is 0.249 e. The van der Waals surface area contributed by atoms with Crippen molar-refractivity contribution < 1.29 is 9.18 Å². The quantitative estimate of drug-likeness (QED) is 0.467. The molecule has 123 valence electrons. The van der Waals surface area contributed by atoms with Gasteiger partial charge < -0.3 is 10.3 Å². The van der Waals surface area contributed by atoms with Crippen LogP contribution in [0, 0.1) is 15.5 Å². The van der Waals surface area contributed by atoms with E-state index in [4.69, 9.17) is 5.73 Å². The summed E-state index contributed by atoms with van der Waals surface area (Å²) in [6.45, 7) is 0.494. The lowest BCUT2D eigenvalue weighted by Gasteiger charge is -2.09. The van der Waals surface area contributed by atoms with Gasteiger partial charge in [-0.1, -0.05) is 24.3 Å². The molecule has 4 rings (SSSR count). The maximum atomic E-state index is 14.6. The Labute approximate surface area is 157 Å². The van der Waals surface area contributed by atoms with Gasteiger partial charge in [-0.05, 0) is 64.6 Å². The summed E-state index contributed by atoms with van der Waals surface area (Å²) >= 11 is 2.25. The van der Waals surface area contributed by atoms with E-state index in [9.17, 15) is 9.18 Å². The molecule has 4 aromatic rings. The largest absolute Gasteiger partial charge is 0.366 e. The number of benzene rings is 3. The number of hydrogen-bond acceptors (Lipinski definition) is 1. The van der Waals surface area contributed by atoms with Crippen LogP contribution in [0.15, 0.2) is 54.6 Å². The molecule has 2 N–H and O–H groups in total. The zero-order valence-corrected chi connectivity index (χ0v) is 15.2. The molecule has 1 radical (unpaired) electrons. The van der Waals surface area contributed by atoms with E-state index in [0.717, 1.165) is 14.7 Å². The van der Waals surface area contributed by atoms with E-state index in [0.29, 0.717) is 28.4 Å². The van der Waals surface area contributed by atoms with Crippen LogP contribution in [0.3, 0.4) is 0 Å². The van der Waals surface area contributed by atoms with Crippen molar-refractivity contribution in [2.45, 2.75) is 6.54 Å². The van der Waals surface area contributed by atoms with Gasteiger partial charge in [0.25, 0.3) is 0 Å². The van der Waals surface area contributed by atoms with Crippen LogP contribution in [0.2, 0.25) is 0 Å². The normalized spacial score (nSPS) is 11.3. The SMILES string of the molecule is NC(=O)c1cccc2c1c1[c]ccc(F)c1n2Cc1cccc(I)c1. The molecule has 3 aromatic carbocycles. The average Bonchev–Trinajstić information content (AvgIpc) is 2.90. The number of halogens is 2. The number of hydrogen-bond donors (Lipinski definition) is 1. The number of rotatable bonds is 3. The third kappa shape index (κ3) is 2.68. The van der Waals surface area contributed by atoms with Crippen LogP contribution >= 0.6 is 22.6 Å². The van der Waals surface area contributed by atoms with Crippen molar-refractivity contribution in [1.82, 2.24) is 4.57 Å². The highest BCUT2D eigenvalue weighted by Crippen LogP contribution is 2.33. The van der Waals surface area contributed by atoms with Crippen molar-refractivity contribution >= 4 is 50.3 Å².